The summed E-state index contributed by atoms with van der Waals surface area (Å²) in [6.07, 6.45) is 0.896. The summed E-state index contributed by atoms with van der Waals surface area (Å²) in [4.78, 5) is 13.7. The van der Waals surface area contributed by atoms with Crippen molar-refractivity contribution in [2.75, 3.05) is 7.11 Å². The molecule has 0 aromatic heterocycles. The summed E-state index contributed by atoms with van der Waals surface area (Å²) in [6.45, 7) is 0. The van der Waals surface area contributed by atoms with E-state index in [4.69, 9.17) is 5.39 Å². The van der Waals surface area contributed by atoms with Gasteiger partial charge >= 0.3 is 12.2 Å². The van der Waals surface area contributed by atoms with Crippen LogP contribution in [0.3, 0.4) is 0 Å². The molecule has 1 aromatic rings. The number of aliphatic hydroxyl groups is 1. The van der Waals surface area contributed by atoms with E-state index in [0.29, 0.717) is 11.1 Å². The second-order valence-corrected chi connectivity index (χ2v) is 2.70. The largest absolute Gasteiger partial charge is 0.501 e. The average Bonchev–Trinajstić information content (AvgIpc) is 2.28. The maximum atomic E-state index is 11.1. The van der Waals surface area contributed by atoms with Crippen molar-refractivity contribution in [2.45, 2.75) is 0 Å². The molecule has 76 valence electrons. The van der Waals surface area contributed by atoms with E-state index in [2.05, 4.69) is 9.71 Å². The summed E-state index contributed by atoms with van der Waals surface area (Å²) in [5.41, 5.74) is 0.829. The zero-order chi connectivity index (χ0) is 11.3. The van der Waals surface area contributed by atoms with E-state index >= 15 is 0 Å². The van der Waals surface area contributed by atoms with Crippen molar-refractivity contribution >= 4 is 11.7 Å². The third-order valence-electron chi connectivity index (χ3n) is 1.78. The van der Waals surface area contributed by atoms with E-state index in [1.165, 1.54) is 31.4 Å². The summed E-state index contributed by atoms with van der Waals surface area (Å²) in [6, 6.07) is 6.04. The Balaban J connectivity index is 2.96. The van der Waals surface area contributed by atoms with Crippen LogP contribution in [0.15, 0.2) is 30.5 Å². The lowest BCUT2D eigenvalue weighted by molar-refractivity contribution is 0.0600. The van der Waals surface area contributed by atoms with E-state index in [-0.39, 0.29) is 5.76 Å². The van der Waals surface area contributed by atoms with E-state index in [1.807, 2.05) is 0 Å². The monoisotopic (exact) mass is 205 g/mol. The van der Waals surface area contributed by atoms with Gasteiger partial charge in [-0.2, -0.15) is 0 Å². The summed E-state index contributed by atoms with van der Waals surface area (Å²) in [5.74, 6) is -0.634. The van der Waals surface area contributed by atoms with Gasteiger partial charge in [0.15, 0.2) is 4.98 Å². The standard InChI is InChI=1S/C10H8N2O3/c1-15-10(14)8-4-2-7(3-5-8)9(13)6-12-11/h2-6H,1H3/p+1. The van der Waals surface area contributed by atoms with Crippen LogP contribution in [0.4, 0.5) is 0 Å². The molecule has 0 heterocycles. The highest BCUT2D eigenvalue weighted by Crippen LogP contribution is 2.13. The zero-order valence-corrected chi connectivity index (χ0v) is 8.04. The van der Waals surface area contributed by atoms with Crippen molar-refractivity contribution in [3.63, 3.8) is 0 Å². The van der Waals surface area contributed by atoms with Crippen molar-refractivity contribution in [1.82, 2.24) is 0 Å². The van der Waals surface area contributed by atoms with Gasteiger partial charge < -0.3 is 9.84 Å². The van der Waals surface area contributed by atoms with Gasteiger partial charge in [0.25, 0.3) is 0 Å². The van der Waals surface area contributed by atoms with Crippen LogP contribution < -0.4 is 0 Å². The lowest BCUT2D eigenvalue weighted by atomic mass is 10.1. The molecule has 0 bridgehead atoms. The maximum Gasteiger partial charge on any atom is 0.392 e. The van der Waals surface area contributed by atoms with Gasteiger partial charge in [0.2, 0.25) is 11.2 Å². The van der Waals surface area contributed by atoms with Crippen molar-refractivity contribution in [1.29, 1.82) is 5.39 Å². The quantitative estimate of drug-likeness (QED) is 0.456. The molecule has 0 aliphatic rings. The predicted molar refractivity (Wildman–Crippen MR) is 53.5 cm³/mol. The van der Waals surface area contributed by atoms with Crippen LogP contribution in [-0.2, 0) is 4.74 Å². The van der Waals surface area contributed by atoms with Crippen LogP contribution in [0.25, 0.3) is 10.7 Å². The normalized spacial score (nSPS) is 10.5. The van der Waals surface area contributed by atoms with Crippen LogP contribution >= 0.6 is 0 Å². The first-order valence-electron chi connectivity index (χ1n) is 4.11. The Morgan fingerprint density at radius 2 is 1.93 bits per heavy atom. The molecule has 0 aliphatic carbocycles. The highest BCUT2D eigenvalue weighted by atomic mass is 16.5. The molecule has 1 N–H and O–H groups in total. The number of methoxy groups -OCH3 is 1. The number of aliphatic hydroxyl groups excluding tert-OH is 1. The third-order valence-corrected chi connectivity index (χ3v) is 1.78. The first-order valence-corrected chi connectivity index (χ1v) is 4.11. The number of diazo groups is 1. The van der Waals surface area contributed by atoms with E-state index in [9.17, 15) is 9.90 Å². The molecule has 0 fully saturated rings. The molecule has 1 aromatic carbocycles. The summed E-state index contributed by atoms with van der Waals surface area (Å²) in [5, 5.41) is 17.5. The highest BCUT2D eigenvalue weighted by Gasteiger charge is 2.07. The number of carbonyl (C=O) groups is 1. The number of hydrogen-bond donors (Lipinski definition) is 1. The molecule has 0 unspecified atom stereocenters. The van der Waals surface area contributed by atoms with Crippen LogP contribution in [-0.4, -0.2) is 18.2 Å². The van der Waals surface area contributed by atoms with E-state index < -0.39 is 5.97 Å². The number of esters is 1. The molecule has 0 amide bonds. The van der Waals surface area contributed by atoms with E-state index in [0.717, 1.165) is 6.20 Å². The molecular formula is C10H9N2O3+. The second-order valence-electron chi connectivity index (χ2n) is 2.70. The Morgan fingerprint density at radius 3 is 2.40 bits per heavy atom. The van der Waals surface area contributed by atoms with Crippen molar-refractivity contribution in [2.24, 2.45) is 0 Å². The number of nitrogens with zero attached hydrogens (tertiary/aromatic N) is 2. The van der Waals surface area contributed by atoms with Gasteiger partial charge in [0, 0.05) is 5.56 Å². The van der Waals surface area contributed by atoms with Gasteiger partial charge in [0.05, 0.1) is 12.7 Å². The number of ether oxygens (including phenoxy) is 1. The molecule has 0 radical (unpaired) electrons. The minimum atomic E-state index is -0.447. The van der Waals surface area contributed by atoms with E-state index in [1.54, 1.807) is 0 Å². The van der Waals surface area contributed by atoms with Crippen LogP contribution in [0.1, 0.15) is 15.9 Å². The van der Waals surface area contributed by atoms with Crippen molar-refractivity contribution < 1.29 is 14.6 Å². The molecule has 0 atom stereocenters. The molecule has 0 saturated carbocycles. The Kier molecular flexibility index (Phi) is 3.41. The Hall–Kier alpha value is -2.35. The van der Waals surface area contributed by atoms with Gasteiger partial charge in [-0.3, -0.25) is 0 Å². The van der Waals surface area contributed by atoms with Gasteiger partial charge in [-0.25, -0.2) is 4.79 Å². The first-order chi connectivity index (χ1) is 7.19. The number of hydrogen-bond acceptors (Lipinski definition) is 4. The first kappa shape index (κ1) is 10.7. The van der Waals surface area contributed by atoms with Crippen LogP contribution in [0, 0.1) is 5.39 Å². The summed E-state index contributed by atoms with van der Waals surface area (Å²) in [7, 11) is 1.29. The molecule has 0 aliphatic heterocycles. The minimum Gasteiger partial charge on any atom is -0.501 e. The molecule has 0 saturated heterocycles. The fraction of sp³-hybridized carbons (Fsp3) is 0.100. The van der Waals surface area contributed by atoms with Gasteiger partial charge in [-0.05, 0) is 12.1 Å². The smallest absolute Gasteiger partial charge is 0.392 e. The highest BCUT2D eigenvalue weighted by molar-refractivity contribution is 5.89. The Bertz CT molecular complexity index is 429. The SMILES string of the molecule is COC(=O)c1ccc(C(O)=C[N+]#N)cc1. The lowest BCUT2D eigenvalue weighted by Crippen LogP contribution is -2.00. The summed E-state index contributed by atoms with van der Waals surface area (Å²) < 4.78 is 4.51. The van der Waals surface area contributed by atoms with Crippen LogP contribution in [0.2, 0.25) is 0 Å². The predicted octanol–water partition coefficient (Wildman–Crippen LogP) is 2.18. The van der Waals surface area contributed by atoms with Gasteiger partial charge in [-0.1, -0.05) is 12.1 Å². The number of benzene rings is 1. The third kappa shape index (κ3) is 2.54. The van der Waals surface area contributed by atoms with Crippen molar-refractivity contribution in [3.8, 4) is 0 Å². The number of carbonyl (C=O) groups excluding carboxylic acids is 1. The Morgan fingerprint density at radius 1 is 1.40 bits per heavy atom. The van der Waals surface area contributed by atoms with Crippen LogP contribution in [0.5, 0.6) is 0 Å². The van der Waals surface area contributed by atoms with Gasteiger partial charge in [-0.15, -0.1) is 0 Å². The molecular weight excluding hydrogens is 196 g/mol. The maximum absolute atomic E-state index is 11.1. The molecule has 1 rings (SSSR count). The topological polar surface area (TPSA) is 74.7 Å². The van der Waals surface area contributed by atoms with Gasteiger partial charge in [0.1, 0.15) is 0 Å². The fourth-order valence-electron chi connectivity index (χ4n) is 1.02. The average molecular weight is 205 g/mol. The fourth-order valence-corrected chi connectivity index (χ4v) is 1.02. The molecule has 15 heavy (non-hydrogen) atoms. The second kappa shape index (κ2) is 4.77. The van der Waals surface area contributed by atoms with Crippen molar-refractivity contribution in [3.05, 3.63) is 46.6 Å². The lowest BCUT2D eigenvalue weighted by Gasteiger charge is -1.99. The Labute approximate surface area is 86.2 Å². The minimum absolute atomic E-state index is 0.186. The zero-order valence-electron chi connectivity index (χ0n) is 8.04. The molecule has 0 spiro atoms. The molecule has 5 nitrogen and oxygen atoms in total. The summed E-state index contributed by atoms with van der Waals surface area (Å²) >= 11 is 0. The molecule has 5 heteroatoms. The number of rotatable bonds is 2.